The maximum Gasteiger partial charge on any atom is 0.117 e. The van der Waals surface area contributed by atoms with Crippen molar-refractivity contribution in [3.8, 4) is 0 Å². The first-order chi connectivity index (χ1) is 18.0. The molecule has 9 N–H and O–H groups in total. The summed E-state index contributed by atoms with van der Waals surface area (Å²) in [6.07, 6.45) is 0. The lowest BCUT2D eigenvalue weighted by atomic mass is 9.69. The summed E-state index contributed by atoms with van der Waals surface area (Å²) in [7, 11) is 4.57. The second kappa shape index (κ2) is 16.7. The van der Waals surface area contributed by atoms with Crippen molar-refractivity contribution >= 4 is 10.4 Å². The van der Waals surface area contributed by atoms with E-state index in [0.29, 0.717) is 0 Å². The minimum absolute atomic E-state index is 0. The van der Waals surface area contributed by atoms with Crippen LogP contribution in [0.3, 0.4) is 0 Å². The number of aromatic amines is 2. The Balaban J connectivity index is 0.00000153. The molecular formula is C28H42N4O7S. The van der Waals surface area contributed by atoms with E-state index in [-0.39, 0.29) is 11.0 Å². The fourth-order valence-corrected chi connectivity index (χ4v) is 4.60. The van der Waals surface area contributed by atoms with Crippen LogP contribution in [0.2, 0.25) is 0 Å². The van der Waals surface area contributed by atoms with Gasteiger partial charge in [-0.2, -0.15) is 0 Å². The van der Waals surface area contributed by atoms with Crippen molar-refractivity contribution in [2.75, 3.05) is 35.3 Å². The maximum absolute atomic E-state index is 8.52. The van der Waals surface area contributed by atoms with Crippen molar-refractivity contribution in [1.82, 2.24) is 9.97 Å². The van der Waals surface area contributed by atoms with Crippen molar-refractivity contribution < 1.29 is 43.4 Å². The Bertz CT molecular complexity index is 1240. The van der Waals surface area contributed by atoms with Gasteiger partial charge in [-0.05, 0) is 35.4 Å². The highest BCUT2D eigenvalue weighted by molar-refractivity contribution is 7.79. The minimum atomic E-state index is -5.17. The summed E-state index contributed by atoms with van der Waals surface area (Å²) in [6, 6.07) is 30.6. The average molecular weight is 579 g/mol. The van der Waals surface area contributed by atoms with Crippen molar-refractivity contribution in [3.05, 3.63) is 119 Å². The second-order valence-corrected chi connectivity index (χ2v) is 10.3. The average Bonchev–Trinajstić information content (AvgIpc) is 3.51. The van der Waals surface area contributed by atoms with Crippen LogP contribution in [-0.4, -0.2) is 78.9 Å². The lowest BCUT2D eigenvalue weighted by Gasteiger charge is -2.34. The number of aromatic nitrogens is 2. The lowest BCUT2D eigenvalue weighted by Crippen LogP contribution is -3.04. The van der Waals surface area contributed by atoms with Gasteiger partial charge in [0, 0.05) is 28.9 Å². The predicted octanol–water partition coefficient (Wildman–Crippen LogP) is -1.36. The van der Waals surface area contributed by atoms with Crippen LogP contribution in [0.15, 0.2) is 84.9 Å². The molecule has 222 valence electrons. The summed E-state index contributed by atoms with van der Waals surface area (Å²) < 4.78 is 34.1. The Morgan fingerprint density at radius 3 is 1.23 bits per heavy atom. The van der Waals surface area contributed by atoms with E-state index < -0.39 is 15.8 Å². The van der Waals surface area contributed by atoms with Gasteiger partial charge in [0.2, 0.25) is 0 Å². The zero-order chi connectivity index (χ0) is 28.3. The van der Waals surface area contributed by atoms with Crippen LogP contribution in [0.4, 0.5) is 0 Å². The van der Waals surface area contributed by atoms with E-state index in [1.54, 1.807) is 0 Å². The highest BCUT2D eigenvalue weighted by atomic mass is 32.3. The first kappa shape index (κ1) is 36.7. The molecule has 0 aliphatic rings. The molecule has 0 amide bonds. The van der Waals surface area contributed by atoms with Crippen LogP contribution in [0.25, 0.3) is 0 Å². The van der Waals surface area contributed by atoms with Gasteiger partial charge in [-0.15, -0.1) is 0 Å². The first-order valence-corrected chi connectivity index (χ1v) is 13.5. The third-order valence-corrected chi connectivity index (χ3v) is 5.80. The van der Waals surface area contributed by atoms with E-state index in [1.807, 2.05) is 0 Å². The normalized spacial score (nSPS) is 10.9. The van der Waals surface area contributed by atoms with Crippen molar-refractivity contribution in [1.29, 1.82) is 0 Å². The van der Waals surface area contributed by atoms with Gasteiger partial charge in [0.05, 0.1) is 39.6 Å². The zero-order valence-electron chi connectivity index (χ0n) is 23.5. The first-order valence-electron chi connectivity index (χ1n) is 12.2. The largest absolute Gasteiger partial charge is 0.759 e. The molecule has 12 heteroatoms. The summed E-state index contributed by atoms with van der Waals surface area (Å²) in [4.78, 5) is 10.4. The molecule has 11 nitrogen and oxygen atoms in total. The predicted molar refractivity (Wildman–Crippen MR) is 152 cm³/mol. The van der Waals surface area contributed by atoms with Crippen molar-refractivity contribution in [3.63, 3.8) is 0 Å². The molecule has 40 heavy (non-hydrogen) atoms. The third-order valence-electron chi connectivity index (χ3n) is 5.80. The van der Waals surface area contributed by atoms with Crippen LogP contribution < -0.4 is 9.80 Å². The van der Waals surface area contributed by atoms with Crippen LogP contribution in [0, 0.1) is 0 Å². The van der Waals surface area contributed by atoms with E-state index in [0.717, 1.165) is 20.2 Å². The summed E-state index contributed by atoms with van der Waals surface area (Å²) in [5.41, 5.74) is 6.92. The van der Waals surface area contributed by atoms with Crippen LogP contribution in [-0.2, 0) is 28.9 Å². The highest BCUT2D eigenvalue weighted by Gasteiger charge is 2.41. The van der Waals surface area contributed by atoms with E-state index in [4.69, 9.17) is 22.6 Å². The molecule has 2 heterocycles. The summed E-state index contributed by atoms with van der Waals surface area (Å²) in [5.74, 6) is 0. The van der Waals surface area contributed by atoms with Crippen molar-refractivity contribution in [2.24, 2.45) is 0 Å². The number of aliphatic hydroxyl groups excluding tert-OH is 1. The zero-order valence-corrected chi connectivity index (χ0v) is 24.3. The molecule has 0 spiro atoms. The molecule has 0 saturated heterocycles. The molecule has 2 aromatic heterocycles. The number of benzene rings is 2. The fourth-order valence-electron chi connectivity index (χ4n) is 4.60. The number of rotatable bonds is 8. The van der Waals surface area contributed by atoms with Crippen LogP contribution in [0.1, 0.15) is 33.9 Å². The highest BCUT2D eigenvalue weighted by Crippen LogP contribution is 2.44. The molecule has 0 unspecified atom stereocenters. The minimum Gasteiger partial charge on any atom is -0.759 e. The van der Waals surface area contributed by atoms with Gasteiger partial charge < -0.3 is 44.9 Å². The number of nitrogens with one attached hydrogen (secondary N) is 4. The molecule has 0 fully saturated rings. The monoisotopic (exact) mass is 578 g/mol. The van der Waals surface area contributed by atoms with Gasteiger partial charge in [-0.1, -0.05) is 60.7 Å². The Morgan fingerprint density at radius 2 is 0.950 bits per heavy atom. The third kappa shape index (κ3) is 10.0. The van der Waals surface area contributed by atoms with Gasteiger partial charge >= 0.3 is 0 Å². The van der Waals surface area contributed by atoms with Gasteiger partial charge in [0.15, 0.2) is 0 Å². The van der Waals surface area contributed by atoms with Gasteiger partial charge in [0.25, 0.3) is 0 Å². The van der Waals surface area contributed by atoms with E-state index >= 15 is 0 Å². The number of H-pyrrole nitrogens is 2. The van der Waals surface area contributed by atoms with E-state index in [2.05, 4.69) is 123 Å². The van der Waals surface area contributed by atoms with E-state index in [1.165, 1.54) is 43.7 Å². The molecular weight excluding hydrogens is 536 g/mol. The lowest BCUT2D eigenvalue weighted by molar-refractivity contribution is -0.873. The number of aliphatic hydroxyl groups is 1. The molecule has 0 radical (unpaired) electrons. The Kier molecular flexibility index (Phi) is 15.3. The molecule has 0 saturated carbocycles. The molecule has 4 aromatic rings. The smallest absolute Gasteiger partial charge is 0.117 e. The SMILES string of the molecule is CO.C[NH+](C)Cc1ccc(C(c2ccccc2)(c2ccccc2)c2ccc(C[NH+](C)C)[nH]2)[nH]1.O.O.O=S(=O)([O-])[O-]. The van der Waals surface area contributed by atoms with Gasteiger partial charge in [0.1, 0.15) is 18.5 Å². The second-order valence-electron chi connectivity index (χ2n) is 9.45. The number of quaternary nitrogens is 2. The van der Waals surface area contributed by atoms with E-state index in [9.17, 15) is 0 Å². The number of hydrogen-bond donors (Lipinski definition) is 5. The van der Waals surface area contributed by atoms with Crippen molar-refractivity contribution in [2.45, 2.75) is 18.5 Å². The molecule has 2 aromatic carbocycles. The Hall–Kier alpha value is -3.33. The fraction of sp³-hybridized carbons (Fsp3) is 0.286. The van der Waals surface area contributed by atoms with Gasteiger partial charge in [-0.25, -0.2) is 0 Å². The summed E-state index contributed by atoms with van der Waals surface area (Å²) in [6.45, 7) is 1.92. The van der Waals surface area contributed by atoms with Crippen LogP contribution >= 0.6 is 0 Å². The molecule has 0 bridgehead atoms. The summed E-state index contributed by atoms with van der Waals surface area (Å²) >= 11 is 0. The maximum atomic E-state index is 8.52. The quantitative estimate of drug-likeness (QED) is 0.127. The summed E-state index contributed by atoms with van der Waals surface area (Å²) in [5, 5.41) is 7.00. The number of hydrogen-bond acceptors (Lipinski definition) is 5. The van der Waals surface area contributed by atoms with Gasteiger partial charge in [-0.3, -0.25) is 8.42 Å². The molecule has 0 aliphatic heterocycles. The standard InChI is InChI=1S/C27H32N4.CH4O.H2O4S.2H2O/c1-30(2)19-23-15-17-25(28-23)27(21-11-7-5-8-12-21,22-13-9-6-10-14-22)26-18-16-24(29-26)20-31(3)4;1-2;1-5(2,3)4;;/h5-18,28-29H,19-20H2,1-4H3;2H,1H3;(H2,1,2,3,4);2*1H2. The molecule has 0 aliphatic carbocycles. The topological polar surface area (TPSA) is 204 Å². The molecule has 0 atom stereocenters. The Morgan fingerprint density at radius 1 is 0.650 bits per heavy atom. The Labute approximate surface area is 236 Å². The molecule has 4 rings (SSSR count). The van der Waals surface area contributed by atoms with Crippen LogP contribution in [0.5, 0.6) is 0 Å².